The summed E-state index contributed by atoms with van der Waals surface area (Å²) in [6.45, 7) is 1.19. The molecule has 0 amide bonds. The molecule has 0 bridgehead atoms. The van der Waals surface area contributed by atoms with Crippen LogP contribution in [0.2, 0.25) is 0 Å². The number of halogens is 3. The Morgan fingerprint density at radius 3 is 1.52 bits per heavy atom. The number of phenolic OH excluding ortho intramolecular Hbond substituents is 1. The summed E-state index contributed by atoms with van der Waals surface area (Å²) in [6.07, 6.45) is 5.38. The van der Waals surface area contributed by atoms with Crippen LogP contribution in [0.4, 0.5) is 17.1 Å². The molecule has 0 saturated heterocycles. The highest BCUT2D eigenvalue weighted by molar-refractivity contribution is 9.69. The quantitative estimate of drug-likeness (QED) is 0.185. The third-order valence-electron chi connectivity index (χ3n) is 10.9. The fraction of sp³-hybridized carbons (Fsp3) is 0.0909. The number of benzene rings is 6. The van der Waals surface area contributed by atoms with Crippen molar-refractivity contribution < 1.29 is 33.3 Å². The number of carbonyl (C=O) groups excluding carboxylic acids is 1. The SMILES string of the molecule is BrB(Br)Br.COc1ccc2c(c1)C=NN1B2OC(=O)c2ccccc21.COc1ccc2c(c1)C=NN1B2OCc2ccccc21.Oc1ccc2c(c1)C=NN1B2OCc2ccccc21. The molecular weight excluding hydrogens is 1010 g/mol. The van der Waals surface area contributed by atoms with Crippen molar-refractivity contribution in [3.05, 3.63) is 161 Å². The molecule has 20 heteroatoms. The van der Waals surface area contributed by atoms with Crippen molar-refractivity contribution >= 4 is 130 Å². The molecule has 1 N–H and O–H groups in total. The molecule has 6 heterocycles. The van der Waals surface area contributed by atoms with Crippen molar-refractivity contribution in [1.82, 2.24) is 0 Å². The van der Waals surface area contributed by atoms with Gasteiger partial charge in [-0.25, -0.2) is 4.79 Å². The van der Waals surface area contributed by atoms with Crippen LogP contribution in [0.3, 0.4) is 0 Å². The second kappa shape index (κ2) is 19.1. The van der Waals surface area contributed by atoms with Crippen LogP contribution < -0.4 is 40.6 Å². The maximum atomic E-state index is 12.1. The number of ether oxygens (including phenoxy) is 2. The van der Waals surface area contributed by atoms with Gasteiger partial charge < -0.3 is 28.5 Å². The van der Waals surface area contributed by atoms with Gasteiger partial charge >= 0.3 is 30.3 Å². The molecule has 0 unspecified atom stereocenters. The highest BCUT2D eigenvalue weighted by Gasteiger charge is 2.43. The van der Waals surface area contributed by atoms with E-state index in [-0.39, 0.29) is 29.0 Å². The Hall–Kier alpha value is -5.78. The molecule has 6 aliphatic heterocycles. The summed E-state index contributed by atoms with van der Waals surface area (Å²) in [6, 6.07) is 40.5. The van der Waals surface area contributed by atoms with E-state index in [2.05, 4.69) is 74.7 Å². The van der Waals surface area contributed by atoms with E-state index in [4.69, 9.17) is 23.4 Å². The molecule has 12 rings (SSSR count). The molecule has 0 aliphatic carbocycles. The predicted octanol–water partition coefficient (Wildman–Crippen LogP) is 6.82. The predicted molar refractivity (Wildman–Crippen MR) is 267 cm³/mol. The topological polar surface area (TPSA) is 130 Å². The van der Waals surface area contributed by atoms with Crippen LogP contribution >= 0.6 is 47.3 Å². The standard InChI is InChI=1S/C15H11BN2O3.C15H13BN2O2.C14H11BN2O2.BBr3/c1-20-11-6-7-13-10(8-11)9-17-18-14-5-3-2-4-12(14)15(19)21-16(13)18;1-19-13-6-7-14-12(8-13)9-17-18-15-5-3-2-4-11(15)10-20-16(14)18;18-12-5-6-13-11(7-12)8-16-17-14-4-2-1-3-10(14)9-19-15(13)17;2-1(3)4/h2-9H,1H3;2-9H,10H2,1H3;1-8,18H,9H2;. The average molecular weight is 1040 g/mol. The van der Waals surface area contributed by atoms with E-state index in [0.717, 1.165) is 72.8 Å². The summed E-state index contributed by atoms with van der Waals surface area (Å²) < 4.78 is 28.2. The first-order valence-electron chi connectivity index (χ1n) is 20.0. The van der Waals surface area contributed by atoms with Gasteiger partial charge in [-0.3, -0.25) is 14.8 Å². The maximum absolute atomic E-state index is 12.1. The molecule has 13 nitrogen and oxygen atoms in total. The maximum Gasteiger partial charge on any atom is 0.544 e. The highest BCUT2D eigenvalue weighted by atomic mass is 79.9. The van der Waals surface area contributed by atoms with Crippen LogP contribution in [-0.2, 0) is 27.2 Å². The van der Waals surface area contributed by atoms with Gasteiger partial charge in [-0.2, -0.15) is 15.3 Å². The molecule has 0 saturated carbocycles. The molecule has 6 aromatic carbocycles. The van der Waals surface area contributed by atoms with Crippen molar-refractivity contribution in [2.24, 2.45) is 15.3 Å². The minimum atomic E-state index is -0.529. The van der Waals surface area contributed by atoms with E-state index in [0.29, 0.717) is 18.8 Å². The molecular formula is C44H35B4Br3N6O7. The lowest BCUT2D eigenvalue weighted by Gasteiger charge is -2.35. The monoisotopic (exact) mass is 1040 g/mol. The number of para-hydroxylation sites is 3. The summed E-state index contributed by atoms with van der Waals surface area (Å²) in [4.78, 5) is 17.7. The second-order valence-electron chi connectivity index (χ2n) is 14.7. The first kappa shape index (κ1) is 43.5. The summed E-state index contributed by atoms with van der Waals surface area (Å²) in [7, 11) is 2.39. The Labute approximate surface area is 396 Å². The number of phenols is 1. The van der Waals surface area contributed by atoms with E-state index in [1.54, 1.807) is 49.8 Å². The number of rotatable bonds is 2. The van der Waals surface area contributed by atoms with Crippen LogP contribution in [0.25, 0.3) is 0 Å². The lowest BCUT2D eigenvalue weighted by Crippen LogP contribution is -2.55. The van der Waals surface area contributed by atoms with Gasteiger partial charge in [0.1, 0.15) is 17.2 Å². The first-order valence-corrected chi connectivity index (χ1v) is 22.7. The number of anilines is 3. The van der Waals surface area contributed by atoms with Gasteiger partial charge in [0.05, 0.1) is 68.7 Å². The average Bonchev–Trinajstić information content (AvgIpc) is 3.33. The third kappa shape index (κ3) is 8.84. The summed E-state index contributed by atoms with van der Waals surface area (Å²) in [5, 5.41) is 22.9. The Bertz CT molecular complexity index is 2820. The summed E-state index contributed by atoms with van der Waals surface area (Å²) >= 11 is 9.31. The van der Waals surface area contributed by atoms with E-state index >= 15 is 0 Å². The van der Waals surface area contributed by atoms with Crippen molar-refractivity contribution in [1.29, 1.82) is 0 Å². The van der Waals surface area contributed by atoms with Crippen molar-refractivity contribution in [3.8, 4) is 17.2 Å². The minimum Gasteiger partial charge on any atom is -0.508 e. The molecule has 6 aliphatic rings. The Balaban J connectivity index is 0.000000117. The van der Waals surface area contributed by atoms with Crippen molar-refractivity contribution in [2.45, 2.75) is 13.2 Å². The van der Waals surface area contributed by atoms with E-state index in [1.165, 1.54) is 0 Å². The zero-order valence-corrected chi connectivity index (χ0v) is 39.1. The van der Waals surface area contributed by atoms with Crippen LogP contribution in [0.5, 0.6) is 17.2 Å². The lowest BCUT2D eigenvalue weighted by atomic mass is 9.67. The summed E-state index contributed by atoms with van der Waals surface area (Å²) in [5.41, 5.74) is 11.7. The molecule has 0 aromatic heterocycles. The Morgan fingerprint density at radius 1 is 0.578 bits per heavy atom. The van der Waals surface area contributed by atoms with Gasteiger partial charge in [0.2, 0.25) is 0 Å². The van der Waals surface area contributed by atoms with E-state index in [9.17, 15) is 9.90 Å². The lowest BCUT2D eigenvalue weighted by molar-refractivity contribution is 0.0727. The molecule has 0 atom stereocenters. The number of hydrazone groups is 3. The number of hydrogen-bond donors (Lipinski definition) is 1. The normalized spacial score (nSPS) is 14.9. The van der Waals surface area contributed by atoms with E-state index < -0.39 is 7.05 Å². The number of fused-ring (bicyclic) bond motifs is 15. The van der Waals surface area contributed by atoms with Gasteiger partial charge in [-0.15, -0.1) is 47.3 Å². The zero-order chi connectivity index (χ0) is 44.3. The van der Waals surface area contributed by atoms with Crippen molar-refractivity contribution in [3.63, 3.8) is 0 Å². The minimum absolute atomic E-state index is 0.157. The van der Waals surface area contributed by atoms with Crippen molar-refractivity contribution in [2.75, 3.05) is 29.0 Å². The fourth-order valence-electron chi connectivity index (χ4n) is 7.94. The van der Waals surface area contributed by atoms with Crippen LogP contribution in [0, 0.1) is 0 Å². The fourth-order valence-corrected chi connectivity index (χ4v) is 7.94. The smallest absolute Gasteiger partial charge is 0.508 e. The van der Waals surface area contributed by atoms with Gasteiger partial charge in [0, 0.05) is 11.1 Å². The second-order valence-corrected chi connectivity index (χ2v) is 21.1. The van der Waals surface area contributed by atoms with Gasteiger partial charge in [-0.1, -0.05) is 66.7 Å². The number of nitrogens with zero attached hydrogens (tertiary/aromatic N) is 6. The highest BCUT2D eigenvalue weighted by Crippen LogP contribution is 2.33. The van der Waals surface area contributed by atoms with Crippen LogP contribution in [0.15, 0.2) is 143 Å². The summed E-state index contributed by atoms with van der Waals surface area (Å²) in [5.74, 6) is 1.50. The van der Waals surface area contributed by atoms with Gasteiger partial charge in [0.25, 0.3) is 0 Å². The Kier molecular flexibility index (Phi) is 13.0. The van der Waals surface area contributed by atoms with Gasteiger partial charge in [0.15, 0.2) is 0 Å². The molecule has 0 spiro atoms. The molecule has 0 radical (unpaired) electrons. The number of carbonyl (C=O) groups is 1. The number of methoxy groups -OCH3 is 2. The largest absolute Gasteiger partial charge is 0.544 e. The number of aromatic hydroxyl groups is 1. The third-order valence-corrected chi connectivity index (χ3v) is 10.9. The number of hydrogen-bond acceptors (Lipinski definition) is 13. The molecule has 316 valence electrons. The molecule has 0 fully saturated rings. The Morgan fingerprint density at radius 2 is 1.00 bits per heavy atom. The van der Waals surface area contributed by atoms with Crippen LogP contribution in [0.1, 0.15) is 38.2 Å². The van der Waals surface area contributed by atoms with E-state index in [1.807, 2.05) is 113 Å². The first-order chi connectivity index (χ1) is 31.2. The van der Waals surface area contributed by atoms with Gasteiger partial charge in [-0.05, 0) is 93.7 Å². The zero-order valence-electron chi connectivity index (χ0n) is 34.3. The van der Waals surface area contributed by atoms with Crippen LogP contribution in [-0.4, -0.2) is 68.3 Å². The molecule has 64 heavy (non-hydrogen) atoms. The molecule has 6 aromatic rings.